The summed E-state index contributed by atoms with van der Waals surface area (Å²) < 4.78 is 5.64. The fourth-order valence-electron chi connectivity index (χ4n) is 3.01. The van der Waals surface area contributed by atoms with Crippen LogP contribution in [0.4, 0.5) is 5.13 Å². The number of thiazole rings is 1. The fourth-order valence-corrected chi connectivity index (χ4v) is 4.15. The second kappa shape index (κ2) is 7.17. The number of rotatable bonds is 4. The van der Waals surface area contributed by atoms with Gasteiger partial charge in [0.2, 0.25) is 5.13 Å². The molecule has 3 aromatic rings. The number of carbonyl (C=O) groups is 1. The standard InChI is InChI=1S/C19H17ClN4O2S/c1-11-17(18(25)21-2)27-19(22-11)24-15(16-4-3-9-26-16)10-14(23-24)12-5-7-13(20)8-6-12/h3-9,15H,10H2,1-2H3,(H,21,25)/t15-/m1/s1. The smallest absolute Gasteiger partial charge is 0.263 e. The van der Waals surface area contributed by atoms with E-state index in [2.05, 4.69) is 10.3 Å². The van der Waals surface area contributed by atoms with Crippen molar-refractivity contribution < 1.29 is 9.21 Å². The molecule has 0 aliphatic carbocycles. The molecule has 0 saturated heterocycles. The summed E-state index contributed by atoms with van der Waals surface area (Å²) in [4.78, 5) is 17.2. The Morgan fingerprint density at radius 1 is 1.33 bits per heavy atom. The van der Waals surface area contributed by atoms with E-state index in [4.69, 9.17) is 21.1 Å². The first kappa shape index (κ1) is 17.8. The first-order valence-corrected chi connectivity index (χ1v) is 9.62. The summed E-state index contributed by atoms with van der Waals surface area (Å²) in [6, 6.07) is 11.3. The number of furan rings is 1. The lowest BCUT2D eigenvalue weighted by Crippen LogP contribution is -2.18. The number of nitrogens with one attached hydrogen (secondary N) is 1. The van der Waals surface area contributed by atoms with Gasteiger partial charge in [0.25, 0.3) is 5.91 Å². The van der Waals surface area contributed by atoms with Crippen molar-refractivity contribution >= 4 is 39.7 Å². The van der Waals surface area contributed by atoms with Crippen LogP contribution in [-0.2, 0) is 0 Å². The van der Waals surface area contributed by atoms with Crippen LogP contribution in [0.2, 0.25) is 5.02 Å². The Morgan fingerprint density at radius 2 is 2.11 bits per heavy atom. The Labute approximate surface area is 165 Å². The molecule has 1 atom stereocenters. The lowest BCUT2D eigenvalue weighted by Gasteiger charge is -2.18. The molecule has 2 aromatic heterocycles. The van der Waals surface area contributed by atoms with Crippen molar-refractivity contribution in [2.24, 2.45) is 5.10 Å². The predicted molar refractivity (Wildman–Crippen MR) is 107 cm³/mol. The number of hydrogen-bond donors (Lipinski definition) is 1. The van der Waals surface area contributed by atoms with E-state index in [1.54, 1.807) is 13.3 Å². The van der Waals surface area contributed by atoms with E-state index < -0.39 is 0 Å². The van der Waals surface area contributed by atoms with Crippen LogP contribution in [0.15, 0.2) is 52.2 Å². The summed E-state index contributed by atoms with van der Waals surface area (Å²) in [5.74, 6) is 0.656. The number of carbonyl (C=O) groups excluding carboxylic acids is 1. The third-order valence-corrected chi connectivity index (χ3v) is 5.77. The lowest BCUT2D eigenvalue weighted by atomic mass is 10.0. The highest BCUT2D eigenvalue weighted by molar-refractivity contribution is 7.17. The van der Waals surface area contributed by atoms with Crippen molar-refractivity contribution in [3.8, 4) is 0 Å². The molecule has 4 rings (SSSR count). The molecule has 0 fully saturated rings. The molecular formula is C19H17ClN4O2S. The molecule has 0 saturated carbocycles. The van der Waals surface area contributed by atoms with Crippen LogP contribution < -0.4 is 10.3 Å². The van der Waals surface area contributed by atoms with Gasteiger partial charge in [0.1, 0.15) is 16.7 Å². The highest BCUT2D eigenvalue weighted by Crippen LogP contribution is 2.39. The minimum absolute atomic E-state index is 0.117. The average Bonchev–Trinajstić information content (AvgIpc) is 3.40. The molecule has 1 aliphatic rings. The number of aryl methyl sites for hydroxylation is 1. The fraction of sp³-hybridized carbons (Fsp3) is 0.211. The van der Waals surface area contributed by atoms with Gasteiger partial charge in [-0.2, -0.15) is 5.10 Å². The van der Waals surface area contributed by atoms with E-state index in [1.807, 2.05) is 48.3 Å². The number of nitrogens with zero attached hydrogens (tertiary/aromatic N) is 3. The first-order valence-electron chi connectivity index (χ1n) is 8.42. The van der Waals surface area contributed by atoms with Crippen LogP contribution in [0.3, 0.4) is 0 Å². The molecule has 1 aromatic carbocycles. The third kappa shape index (κ3) is 3.36. The van der Waals surface area contributed by atoms with E-state index >= 15 is 0 Å². The Kier molecular flexibility index (Phi) is 4.72. The number of halogens is 1. The zero-order chi connectivity index (χ0) is 19.0. The van der Waals surface area contributed by atoms with Crippen LogP contribution in [0.1, 0.15) is 39.2 Å². The molecule has 1 amide bonds. The van der Waals surface area contributed by atoms with E-state index in [1.165, 1.54) is 11.3 Å². The maximum absolute atomic E-state index is 12.1. The summed E-state index contributed by atoms with van der Waals surface area (Å²) in [5, 5.41) is 10.6. The Bertz CT molecular complexity index is 995. The molecule has 0 radical (unpaired) electrons. The number of hydrogen-bond acceptors (Lipinski definition) is 6. The summed E-state index contributed by atoms with van der Waals surface area (Å²) >= 11 is 7.33. The lowest BCUT2D eigenvalue weighted by molar-refractivity contribution is 0.0966. The van der Waals surface area contributed by atoms with Crippen molar-refractivity contribution in [3.05, 3.63) is 69.6 Å². The van der Waals surface area contributed by atoms with Crippen LogP contribution in [0.25, 0.3) is 0 Å². The summed E-state index contributed by atoms with van der Waals surface area (Å²) in [5.41, 5.74) is 2.60. The molecule has 1 aliphatic heterocycles. The van der Waals surface area contributed by atoms with Gasteiger partial charge in [0.15, 0.2) is 0 Å². The summed E-state index contributed by atoms with van der Waals surface area (Å²) in [7, 11) is 1.61. The molecule has 27 heavy (non-hydrogen) atoms. The molecule has 3 heterocycles. The van der Waals surface area contributed by atoms with Crippen LogP contribution >= 0.6 is 22.9 Å². The SMILES string of the molecule is CNC(=O)c1sc(N2N=C(c3ccc(Cl)cc3)C[C@@H]2c2ccco2)nc1C. The topological polar surface area (TPSA) is 70.7 Å². The molecule has 1 N–H and O–H groups in total. The van der Waals surface area contributed by atoms with Gasteiger partial charge < -0.3 is 9.73 Å². The zero-order valence-corrected chi connectivity index (χ0v) is 16.3. The second-order valence-corrected chi connectivity index (χ2v) is 7.54. The first-order chi connectivity index (χ1) is 13.1. The van der Waals surface area contributed by atoms with Gasteiger partial charge in [-0.15, -0.1) is 0 Å². The number of hydrazone groups is 1. The van der Waals surface area contributed by atoms with E-state index in [9.17, 15) is 4.79 Å². The summed E-state index contributed by atoms with van der Waals surface area (Å²) in [6.07, 6.45) is 2.32. The largest absolute Gasteiger partial charge is 0.467 e. The van der Waals surface area contributed by atoms with Crippen molar-refractivity contribution in [3.63, 3.8) is 0 Å². The molecule has 0 unspecified atom stereocenters. The van der Waals surface area contributed by atoms with E-state index in [-0.39, 0.29) is 11.9 Å². The highest BCUT2D eigenvalue weighted by Gasteiger charge is 2.34. The van der Waals surface area contributed by atoms with Gasteiger partial charge in [-0.3, -0.25) is 4.79 Å². The maximum atomic E-state index is 12.1. The van der Waals surface area contributed by atoms with Crippen molar-refractivity contribution in [2.45, 2.75) is 19.4 Å². The van der Waals surface area contributed by atoms with E-state index in [0.29, 0.717) is 27.1 Å². The van der Waals surface area contributed by atoms with Crippen molar-refractivity contribution in [2.75, 3.05) is 12.1 Å². The monoisotopic (exact) mass is 400 g/mol. The average molecular weight is 401 g/mol. The predicted octanol–water partition coefficient (Wildman–Crippen LogP) is 4.41. The normalized spacial score (nSPS) is 16.5. The molecule has 0 spiro atoms. The maximum Gasteiger partial charge on any atom is 0.263 e. The number of aromatic nitrogens is 1. The number of anilines is 1. The van der Waals surface area contributed by atoms with Gasteiger partial charge in [-0.1, -0.05) is 35.1 Å². The Balaban J connectivity index is 1.74. The molecular weight excluding hydrogens is 384 g/mol. The van der Waals surface area contributed by atoms with Crippen molar-refractivity contribution in [1.82, 2.24) is 10.3 Å². The minimum Gasteiger partial charge on any atom is -0.467 e. The van der Waals surface area contributed by atoms with Gasteiger partial charge in [0, 0.05) is 18.5 Å². The Morgan fingerprint density at radius 3 is 2.78 bits per heavy atom. The van der Waals surface area contributed by atoms with Crippen LogP contribution in [0.5, 0.6) is 0 Å². The van der Waals surface area contributed by atoms with Gasteiger partial charge >= 0.3 is 0 Å². The zero-order valence-electron chi connectivity index (χ0n) is 14.8. The molecule has 8 heteroatoms. The van der Waals surface area contributed by atoms with Gasteiger partial charge in [-0.25, -0.2) is 9.99 Å². The number of amides is 1. The van der Waals surface area contributed by atoms with Gasteiger partial charge in [-0.05, 0) is 36.8 Å². The van der Waals surface area contributed by atoms with Crippen LogP contribution in [-0.4, -0.2) is 23.7 Å². The van der Waals surface area contributed by atoms with Crippen molar-refractivity contribution in [1.29, 1.82) is 0 Å². The molecule has 6 nitrogen and oxygen atoms in total. The van der Waals surface area contributed by atoms with Gasteiger partial charge in [0.05, 0.1) is 17.7 Å². The minimum atomic E-state index is -0.146. The third-order valence-electron chi connectivity index (χ3n) is 4.37. The summed E-state index contributed by atoms with van der Waals surface area (Å²) in [6.45, 7) is 1.83. The highest BCUT2D eigenvalue weighted by atomic mass is 35.5. The number of benzene rings is 1. The molecule has 0 bridgehead atoms. The Hall–Kier alpha value is -2.64. The van der Waals surface area contributed by atoms with Crippen LogP contribution in [0, 0.1) is 6.92 Å². The second-order valence-electron chi connectivity index (χ2n) is 6.12. The quantitative estimate of drug-likeness (QED) is 0.704. The molecule has 138 valence electrons. The van der Waals surface area contributed by atoms with E-state index in [0.717, 1.165) is 17.0 Å².